The second kappa shape index (κ2) is 11.2. The first-order valence-corrected chi connectivity index (χ1v) is 11.9. The van der Waals surface area contributed by atoms with E-state index in [0.717, 1.165) is 23.8 Å². The molecule has 7 nitrogen and oxygen atoms in total. The summed E-state index contributed by atoms with van der Waals surface area (Å²) in [6.45, 7) is 6.65. The molecule has 3 aromatic rings. The molecule has 1 fully saturated rings. The van der Waals surface area contributed by atoms with Crippen molar-refractivity contribution in [1.29, 1.82) is 0 Å². The van der Waals surface area contributed by atoms with Gasteiger partial charge in [-0.05, 0) is 67.4 Å². The SMILES string of the molecule is Cc1ccc(C)c(Sc2ccc(NC(=O)COC(=O)c3ccc(N4CCOCC4)nc3)cc2)c1. The second-order valence-corrected chi connectivity index (χ2v) is 9.14. The smallest absolute Gasteiger partial charge is 0.340 e. The second-order valence-electron chi connectivity index (χ2n) is 8.02. The number of morpholine rings is 1. The highest BCUT2D eigenvalue weighted by atomic mass is 32.2. The van der Waals surface area contributed by atoms with Crippen molar-refractivity contribution < 1.29 is 19.1 Å². The van der Waals surface area contributed by atoms with E-state index in [2.05, 4.69) is 47.2 Å². The fourth-order valence-corrected chi connectivity index (χ4v) is 4.45. The van der Waals surface area contributed by atoms with E-state index in [4.69, 9.17) is 9.47 Å². The molecule has 1 amide bonds. The normalized spacial score (nSPS) is 13.4. The van der Waals surface area contributed by atoms with Crippen LogP contribution in [0.15, 0.2) is 70.6 Å². The van der Waals surface area contributed by atoms with Crippen LogP contribution in [0.1, 0.15) is 21.5 Å². The third-order valence-electron chi connectivity index (χ3n) is 5.36. The Morgan fingerprint density at radius 2 is 1.82 bits per heavy atom. The summed E-state index contributed by atoms with van der Waals surface area (Å²) in [7, 11) is 0. The van der Waals surface area contributed by atoms with E-state index in [1.54, 1.807) is 23.9 Å². The summed E-state index contributed by atoms with van der Waals surface area (Å²) in [6.07, 6.45) is 1.47. The van der Waals surface area contributed by atoms with Crippen molar-refractivity contribution in [2.24, 2.45) is 0 Å². The average Bonchev–Trinajstić information content (AvgIpc) is 2.86. The molecule has 2 aromatic carbocycles. The van der Waals surface area contributed by atoms with Gasteiger partial charge in [0.1, 0.15) is 5.82 Å². The third kappa shape index (κ3) is 6.36. The number of carbonyl (C=O) groups excluding carboxylic acids is 2. The van der Waals surface area contributed by atoms with E-state index in [9.17, 15) is 9.59 Å². The van der Waals surface area contributed by atoms with Crippen LogP contribution < -0.4 is 10.2 Å². The molecular weight excluding hydrogens is 450 g/mol. The Hall–Kier alpha value is -3.36. The Bertz CT molecular complexity index is 1140. The molecule has 34 heavy (non-hydrogen) atoms. The molecule has 1 aromatic heterocycles. The van der Waals surface area contributed by atoms with Gasteiger partial charge >= 0.3 is 5.97 Å². The van der Waals surface area contributed by atoms with Gasteiger partial charge in [0, 0.05) is 34.8 Å². The molecule has 0 atom stereocenters. The first-order valence-electron chi connectivity index (χ1n) is 11.1. The first-order chi connectivity index (χ1) is 16.5. The van der Waals surface area contributed by atoms with Crippen molar-refractivity contribution in [3.8, 4) is 0 Å². The van der Waals surface area contributed by atoms with Crippen LogP contribution >= 0.6 is 11.8 Å². The fourth-order valence-electron chi connectivity index (χ4n) is 3.45. The number of anilines is 2. The van der Waals surface area contributed by atoms with Crippen LogP contribution in [0.2, 0.25) is 0 Å². The monoisotopic (exact) mass is 477 g/mol. The van der Waals surface area contributed by atoms with Crippen LogP contribution in [-0.2, 0) is 14.3 Å². The number of benzene rings is 2. The third-order valence-corrected chi connectivity index (χ3v) is 6.53. The number of nitrogens with zero attached hydrogens (tertiary/aromatic N) is 2. The van der Waals surface area contributed by atoms with Gasteiger partial charge in [0.2, 0.25) is 0 Å². The Labute approximate surface area is 203 Å². The van der Waals surface area contributed by atoms with Crippen molar-refractivity contribution in [2.45, 2.75) is 23.6 Å². The highest BCUT2D eigenvalue weighted by molar-refractivity contribution is 7.99. The van der Waals surface area contributed by atoms with Gasteiger partial charge in [0.15, 0.2) is 6.61 Å². The molecule has 0 saturated carbocycles. The van der Waals surface area contributed by atoms with E-state index in [1.807, 2.05) is 24.3 Å². The van der Waals surface area contributed by atoms with E-state index >= 15 is 0 Å². The largest absolute Gasteiger partial charge is 0.452 e. The lowest BCUT2D eigenvalue weighted by atomic mass is 10.2. The number of aryl methyl sites for hydroxylation is 2. The number of rotatable bonds is 7. The summed E-state index contributed by atoms with van der Waals surface area (Å²) in [5.41, 5.74) is 3.39. The first kappa shape index (κ1) is 23.8. The molecule has 0 spiro atoms. The van der Waals surface area contributed by atoms with E-state index in [0.29, 0.717) is 24.5 Å². The standard InChI is InChI=1S/C26H27N3O4S/c1-18-3-4-19(2)23(15-18)34-22-8-6-21(7-9-22)28-25(30)17-33-26(31)20-5-10-24(27-16-20)29-11-13-32-14-12-29/h3-10,15-16H,11-14,17H2,1-2H3,(H,28,30). The molecule has 1 saturated heterocycles. The summed E-state index contributed by atoms with van der Waals surface area (Å²) >= 11 is 1.68. The Morgan fingerprint density at radius 3 is 2.53 bits per heavy atom. The highest BCUT2D eigenvalue weighted by Gasteiger charge is 2.15. The Kier molecular flexibility index (Phi) is 7.82. The number of amides is 1. The quantitative estimate of drug-likeness (QED) is 0.503. The number of aromatic nitrogens is 1. The van der Waals surface area contributed by atoms with Gasteiger partial charge in [-0.15, -0.1) is 0 Å². The number of nitrogens with one attached hydrogen (secondary N) is 1. The molecule has 1 aliphatic heterocycles. The zero-order valence-corrected chi connectivity index (χ0v) is 20.1. The maximum Gasteiger partial charge on any atom is 0.340 e. The summed E-state index contributed by atoms with van der Waals surface area (Å²) in [4.78, 5) is 33.2. The van der Waals surface area contributed by atoms with Crippen LogP contribution in [0.4, 0.5) is 11.5 Å². The van der Waals surface area contributed by atoms with Gasteiger partial charge in [0.25, 0.3) is 5.91 Å². The molecule has 1 N–H and O–H groups in total. The van der Waals surface area contributed by atoms with Gasteiger partial charge < -0.3 is 19.7 Å². The number of carbonyl (C=O) groups is 2. The lowest BCUT2D eigenvalue weighted by molar-refractivity contribution is -0.119. The number of hydrogen-bond donors (Lipinski definition) is 1. The van der Waals surface area contributed by atoms with Crippen LogP contribution in [0.5, 0.6) is 0 Å². The molecule has 0 unspecified atom stereocenters. The van der Waals surface area contributed by atoms with Crippen molar-refractivity contribution in [1.82, 2.24) is 4.98 Å². The number of ether oxygens (including phenoxy) is 2. The molecule has 0 aliphatic carbocycles. The lowest BCUT2D eigenvalue weighted by Gasteiger charge is -2.27. The van der Waals surface area contributed by atoms with Crippen molar-refractivity contribution in [2.75, 3.05) is 43.1 Å². The zero-order chi connectivity index (χ0) is 23.9. The van der Waals surface area contributed by atoms with Gasteiger partial charge in [-0.25, -0.2) is 9.78 Å². The fraction of sp³-hybridized carbons (Fsp3) is 0.269. The van der Waals surface area contributed by atoms with Gasteiger partial charge in [0.05, 0.1) is 18.8 Å². The summed E-state index contributed by atoms with van der Waals surface area (Å²) in [5.74, 6) is -0.200. The maximum absolute atomic E-state index is 12.3. The van der Waals surface area contributed by atoms with Gasteiger partial charge in [-0.1, -0.05) is 23.9 Å². The predicted octanol–water partition coefficient (Wildman–Crippen LogP) is 4.48. The van der Waals surface area contributed by atoms with Crippen LogP contribution in [0, 0.1) is 13.8 Å². The molecule has 0 bridgehead atoms. The zero-order valence-electron chi connectivity index (χ0n) is 19.2. The van der Waals surface area contributed by atoms with Crippen LogP contribution in [-0.4, -0.2) is 49.8 Å². The minimum absolute atomic E-state index is 0.303. The van der Waals surface area contributed by atoms with Crippen LogP contribution in [0.25, 0.3) is 0 Å². The molecule has 0 radical (unpaired) electrons. The Balaban J connectivity index is 1.25. The minimum Gasteiger partial charge on any atom is -0.452 e. The van der Waals surface area contributed by atoms with Crippen molar-refractivity contribution in [3.05, 3.63) is 77.5 Å². The number of pyridine rings is 1. The van der Waals surface area contributed by atoms with Gasteiger partial charge in [-0.2, -0.15) is 0 Å². The van der Waals surface area contributed by atoms with E-state index in [1.165, 1.54) is 22.2 Å². The average molecular weight is 478 g/mol. The lowest BCUT2D eigenvalue weighted by Crippen LogP contribution is -2.36. The van der Waals surface area contributed by atoms with E-state index in [-0.39, 0.29) is 6.61 Å². The highest BCUT2D eigenvalue weighted by Crippen LogP contribution is 2.31. The minimum atomic E-state index is -0.587. The Morgan fingerprint density at radius 1 is 1.06 bits per heavy atom. The molecular formula is C26H27N3O4S. The maximum atomic E-state index is 12.3. The van der Waals surface area contributed by atoms with Crippen molar-refractivity contribution in [3.63, 3.8) is 0 Å². The molecule has 4 rings (SSSR count). The predicted molar refractivity (Wildman–Crippen MR) is 133 cm³/mol. The van der Waals surface area contributed by atoms with E-state index < -0.39 is 11.9 Å². The topological polar surface area (TPSA) is 80.8 Å². The molecule has 176 valence electrons. The molecule has 8 heteroatoms. The molecule has 2 heterocycles. The number of esters is 1. The number of hydrogen-bond acceptors (Lipinski definition) is 7. The van der Waals surface area contributed by atoms with Crippen molar-refractivity contribution >= 4 is 35.1 Å². The summed E-state index contributed by atoms with van der Waals surface area (Å²) in [5, 5.41) is 2.75. The molecule has 1 aliphatic rings. The summed E-state index contributed by atoms with van der Waals surface area (Å²) in [6, 6.07) is 17.4. The van der Waals surface area contributed by atoms with Gasteiger partial charge in [-0.3, -0.25) is 4.79 Å². The van der Waals surface area contributed by atoms with Crippen LogP contribution in [0.3, 0.4) is 0 Å². The summed E-state index contributed by atoms with van der Waals surface area (Å²) < 4.78 is 10.5.